The van der Waals surface area contributed by atoms with E-state index in [0.717, 1.165) is 16.8 Å². The predicted molar refractivity (Wildman–Crippen MR) is 100 cm³/mol. The Morgan fingerprint density at radius 3 is 2.16 bits per heavy atom. The van der Waals surface area contributed by atoms with Crippen molar-refractivity contribution in [2.45, 2.75) is 20.4 Å². The zero-order chi connectivity index (χ0) is 18.6. The van der Waals surface area contributed by atoms with Gasteiger partial charge in [-0.25, -0.2) is 4.79 Å². The number of amides is 2. The van der Waals surface area contributed by atoms with Gasteiger partial charge in [-0.3, -0.25) is 0 Å². The van der Waals surface area contributed by atoms with Crippen LogP contribution in [0.25, 0.3) is 0 Å². The zero-order valence-electron chi connectivity index (χ0n) is 15.6. The average Bonchev–Trinajstić information content (AvgIpc) is 2.56. The molecule has 8 nitrogen and oxygen atoms in total. The van der Waals surface area contributed by atoms with Crippen molar-refractivity contribution in [2.24, 2.45) is 0 Å². The molecular weight excluding hydrogens is 318 g/mol. The molecule has 2 N–H and O–H groups in total. The molecule has 0 aliphatic carbocycles. The van der Waals surface area contributed by atoms with Crippen molar-refractivity contribution in [3.8, 4) is 0 Å². The van der Waals surface area contributed by atoms with E-state index in [1.54, 1.807) is 9.80 Å². The SMILES string of the molecule is Cc1cccc(NC(=O)NCc2nc(N(C)C)nc(N(C)C)n2)c1C. The summed E-state index contributed by atoms with van der Waals surface area (Å²) in [6.45, 7) is 4.19. The molecule has 0 radical (unpaired) electrons. The van der Waals surface area contributed by atoms with Crippen LogP contribution in [0.2, 0.25) is 0 Å². The maximum atomic E-state index is 12.2. The molecule has 0 fully saturated rings. The number of aromatic nitrogens is 3. The van der Waals surface area contributed by atoms with E-state index in [1.807, 2.05) is 60.2 Å². The summed E-state index contributed by atoms with van der Waals surface area (Å²) >= 11 is 0. The van der Waals surface area contributed by atoms with Crippen LogP contribution in [0.15, 0.2) is 18.2 Å². The summed E-state index contributed by atoms with van der Waals surface area (Å²) in [6.07, 6.45) is 0. The Hall–Kier alpha value is -2.90. The Morgan fingerprint density at radius 1 is 1.00 bits per heavy atom. The van der Waals surface area contributed by atoms with Gasteiger partial charge in [0.2, 0.25) is 11.9 Å². The summed E-state index contributed by atoms with van der Waals surface area (Å²) in [4.78, 5) is 28.8. The van der Waals surface area contributed by atoms with E-state index in [4.69, 9.17) is 0 Å². The lowest BCUT2D eigenvalue weighted by Gasteiger charge is -2.16. The molecule has 0 atom stereocenters. The van der Waals surface area contributed by atoms with Crippen molar-refractivity contribution in [1.82, 2.24) is 20.3 Å². The first kappa shape index (κ1) is 18.4. The second kappa shape index (κ2) is 7.78. The van der Waals surface area contributed by atoms with Crippen LogP contribution in [0, 0.1) is 13.8 Å². The van der Waals surface area contributed by atoms with Crippen LogP contribution in [0.1, 0.15) is 17.0 Å². The summed E-state index contributed by atoms with van der Waals surface area (Å²) in [6, 6.07) is 5.50. The van der Waals surface area contributed by atoms with Gasteiger partial charge in [-0.15, -0.1) is 0 Å². The largest absolute Gasteiger partial charge is 0.347 e. The van der Waals surface area contributed by atoms with E-state index < -0.39 is 0 Å². The highest BCUT2D eigenvalue weighted by Crippen LogP contribution is 2.17. The molecular formula is C17H25N7O. The first-order chi connectivity index (χ1) is 11.8. The molecule has 1 aromatic carbocycles. The van der Waals surface area contributed by atoms with Gasteiger partial charge < -0.3 is 20.4 Å². The molecule has 1 heterocycles. The number of hydrogen-bond acceptors (Lipinski definition) is 6. The van der Waals surface area contributed by atoms with Gasteiger partial charge in [0.25, 0.3) is 0 Å². The fourth-order valence-electron chi connectivity index (χ4n) is 2.09. The van der Waals surface area contributed by atoms with Crippen LogP contribution in [-0.4, -0.2) is 49.2 Å². The third-order valence-electron chi connectivity index (χ3n) is 3.72. The molecule has 1 aromatic heterocycles. The lowest BCUT2D eigenvalue weighted by molar-refractivity contribution is 0.251. The monoisotopic (exact) mass is 343 g/mol. The number of carbonyl (C=O) groups is 1. The van der Waals surface area contributed by atoms with Crippen LogP contribution in [0.4, 0.5) is 22.4 Å². The lowest BCUT2D eigenvalue weighted by atomic mass is 10.1. The number of rotatable bonds is 5. The molecule has 0 saturated carbocycles. The number of aryl methyl sites for hydroxylation is 1. The molecule has 2 aromatic rings. The summed E-state index contributed by atoms with van der Waals surface area (Å²) in [7, 11) is 7.44. The van der Waals surface area contributed by atoms with Gasteiger partial charge in [0.1, 0.15) is 0 Å². The number of hydrogen-bond donors (Lipinski definition) is 2. The van der Waals surface area contributed by atoms with Gasteiger partial charge in [-0.05, 0) is 31.0 Å². The quantitative estimate of drug-likeness (QED) is 0.863. The maximum Gasteiger partial charge on any atom is 0.319 e. The first-order valence-corrected chi connectivity index (χ1v) is 7.98. The van der Waals surface area contributed by atoms with Crippen molar-refractivity contribution < 1.29 is 4.79 Å². The molecule has 134 valence electrons. The Bertz CT molecular complexity index is 732. The van der Waals surface area contributed by atoms with Gasteiger partial charge in [0.05, 0.1) is 6.54 Å². The second-order valence-electron chi connectivity index (χ2n) is 6.20. The Morgan fingerprint density at radius 2 is 1.60 bits per heavy atom. The van der Waals surface area contributed by atoms with Gasteiger partial charge in [-0.2, -0.15) is 15.0 Å². The van der Waals surface area contributed by atoms with Gasteiger partial charge in [-0.1, -0.05) is 12.1 Å². The minimum atomic E-state index is -0.299. The summed E-state index contributed by atoms with van der Waals surface area (Å²) in [5, 5.41) is 5.64. The molecule has 25 heavy (non-hydrogen) atoms. The average molecular weight is 343 g/mol. The van der Waals surface area contributed by atoms with Gasteiger partial charge in [0.15, 0.2) is 5.82 Å². The number of nitrogens with zero attached hydrogens (tertiary/aromatic N) is 5. The van der Waals surface area contributed by atoms with E-state index in [0.29, 0.717) is 17.7 Å². The molecule has 0 aliphatic heterocycles. The molecule has 8 heteroatoms. The highest BCUT2D eigenvalue weighted by Gasteiger charge is 2.11. The van der Waals surface area contributed by atoms with Gasteiger partial charge in [0, 0.05) is 33.9 Å². The number of carbonyl (C=O) groups excluding carboxylic acids is 1. The second-order valence-corrected chi connectivity index (χ2v) is 6.20. The minimum absolute atomic E-state index is 0.209. The lowest BCUT2D eigenvalue weighted by Crippen LogP contribution is -2.30. The Labute approximate surface area is 148 Å². The minimum Gasteiger partial charge on any atom is -0.347 e. The molecule has 0 unspecified atom stereocenters. The number of anilines is 3. The van der Waals surface area contributed by atoms with Crippen LogP contribution in [-0.2, 0) is 6.54 Å². The molecule has 2 rings (SSSR count). The number of urea groups is 1. The predicted octanol–water partition coefficient (Wildman–Crippen LogP) is 1.94. The van der Waals surface area contributed by atoms with Crippen molar-refractivity contribution in [3.05, 3.63) is 35.2 Å². The summed E-state index contributed by atoms with van der Waals surface area (Å²) in [5.74, 6) is 1.59. The third-order valence-corrected chi connectivity index (χ3v) is 3.72. The fourth-order valence-corrected chi connectivity index (χ4v) is 2.09. The molecule has 0 spiro atoms. The van der Waals surface area contributed by atoms with Gasteiger partial charge >= 0.3 is 6.03 Å². The maximum absolute atomic E-state index is 12.2. The molecule has 2 amide bonds. The van der Waals surface area contributed by atoms with E-state index in [1.165, 1.54) is 0 Å². The van der Waals surface area contributed by atoms with E-state index in [-0.39, 0.29) is 12.6 Å². The van der Waals surface area contributed by atoms with Crippen LogP contribution in [0.3, 0.4) is 0 Å². The van der Waals surface area contributed by atoms with Crippen molar-refractivity contribution >= 4 is 23.6 Å². The molecule has 0 bridgehead atoms. The Kier molecular flexibility index (Phi) is 5.74. The number of nitrogens with one attached hydrogen (secondary N) is 2. The highest BCUT2D eigenvalue weighted by atomic mass is 16.2. The van der Waals surface area contributed by atoms with Crippen LogP contribution < -0.4 is 20.4 Å². The van der Waals surface area contributed by atoms with Crippen molar-refractivity contribution in [3.63, 3.8) is 0 Å². The van der Waals surface area contributed by atoms with Crippen molar-refractivity contribution in [1.29, 1.82) is 0 Å². The summed E-state index contributed by atoms with van der Waals surface area (Å²) in [5.41, 5.74) is 2.96. The molecule has 0 saturated heterocycles. The fraction of sp³-hybridized carbons (Fsp3) is 0.412. The topological polar surface area (TPSA) is 86.3 Å². The van der Waals surface area contributed by atoms with E-state index >= 15 is 0 Å². The Balaban J connectivity index is 2.07. The first-order valence-electron chi connectivity index (χ1n) is 7.98. The zero-order valence-corrected chi connectivity index (χ0v) is 15.6. The van der Waals surface area contributed by atoms with Crippen LogP contribution in [0.5, 0.6) is 0 Å². The standard InChI is InChI=1S/C17H25N7O/c1-11-8-7-9-13(12(11)2)19-17(25)18-10-14-20-15(23(3)4)22-16(21-14)24(5)6/h7-9H,10H2,1-6H3,(H2,18,19,25). The normalized spacial score (nSPS) is 10.3. The highest BCUT2D eigenvalue weighted by molar-refractivity contribution is 5.90. The van der Waals surface area contributed by atoms with E-state index in [2.05, 4.69) is 25.6 Å². The van der Waals surface area contributed by atoms with E-state index in [9.17, 15) is 4.79 Å². The smallest absolute Gasteiger partial charge is 0.319 e. The molecule has 0 aliphatic rings. The number of benzene rings is 1. The van der Waals surface area contributed by atoms with Crippen molar-refractivity contribution in [2.75, 3.05) is 43.3 Å². The summed E-state index contributed by atoms with van der Waals surface area (Å²) < 4.78 is 0. The third kappa shape index (κ3) is 4.79. The van der Waals surface area contributed by atoms with Crippen LogP contribution >= 0.6 is 0 Å².